The summed E-state index contributed by atoms with van der Waals surface area (Å²) in [6.45, 7) is 12.7. The number of carbonyl (C=O) groups is 3. The quantitative estimate of drug-likeness (QED) is 0.483. The van der Waals surface area contributed by atoms with Crippen LogP contribution < -0.4 is 9.47 Å². The smallest absolute Gasteiger partial charge is 0.410 e. The molecule has 0 spiro atoms. The van der Waals surface area contributed by atoms with E-state index in [1.165, 1.54) is 0 Å². The minimum Gasteiger partial charge on any atom is -0.486 e. The summed E-state index contributed by atoms with van der Waals surface area (Å²) in [5.74, 6) is 0.0384. The van der Waals surface area contributed by atoms with Gasteiger partial charge in [-0.25, -0.2) is 4.79 Å². The number of aldehydes is 1. The van der Waals surface area contributed by atoms with Gasteiger partial charge in [0.15, 0.2) is 17.8 Å². The number of fused-ring (bicyclic) bond motifs is 1. The average molecular weight is 462 g/mol. The highest BCUT2D eigenvalue weighted by molar-refractivity contribution is 5.82. The van der Waals surface area contributed by atoms with Gasteiger partial charge in [0, 0.05) is 13.1 Å². The predicted octanol–water partition coefficient (Wildman–Crippen LogP) is 4.03. The van der Waals surface area contributed by atoms with Crippen molar-refractivity contribution in [3.8, 4) is 11.5 Å². The molecule has 0 aromatic heterocycles. The third-order valence-corrected chi connectivity index (χ3v) is 5.47. The molecule has 1 fully saturated rings. The van der Waals surface area contributed by atoms with E-state index >= 15 is 0 Å². The van der Waals surface area contributed by atoms with E-state index in [2.05, 4.69) is 0 Å². The second-order valence-electron chi connectivity index (χ2n) is 10.6. The largest absolute Gasteiger partial charge is 0.486 e. The zero-order chi connectivity index (χ0) is 24.4. The maximum atomic E-state index is 13.2. The van der Waals surface area contributed by atoms with Crippen LogP contribution in [-0.4, -0.2) is 60.8 Å². The van der Waals surface area contributed by atoms with Gasteiger partial charge in [-0.05, 0) is 78.0 Å². The Hall–Kier alpha value is -2.77. The highest BCUT2D eigenvalue weighted by Crippen LogP contribution is 2.37. The predicted molar refractivity (Wildman–Crippen MR) is 122 cm³/mol. The van der Waals surface area contributed by atoms with E-state index in [1.54, 1.807) is 11.0 Å². The molecule has 8 nitrogen and oxygen atoms in total. The van der Waals surface area contributed by atoms with Gasteiger partial charge in [-0.3, -0.25) is 9.59 Å². The number of benzene rings is 1. The highest BCUT2D eigenvalue weighted by Gasteiger charge is 2.39. The van der Waals surface area contributed by atoms with Gasteiger partial charge in [0.1, 0.15) is 24.4 Å². The molecule has 1 aromatic carbocycles. The molecule has 1 saturated heterocycles. The number of amides is 1. The zero-order valence-electron chi connectivity index (χ0n) is 20.4. The van der Waals surface area contributed by atoms with Crippen LogP contribution in [0.2, 0.25) is 0 Å². The van der Waals surface area contributed by atoms with Crippen LogP contribution in [0, 0.1) is 11.8 Å². The average Bonchev–Trinajstić information content (AvgIpc) is 3.18. The maximum Gasteiger partial charge on any atom is 0.410 e. The molecule has 2 heterocycles. The van der Waals surface area contributed by atoms with Crippen molar-refractivity contribution in [3.63, 3.8) is 0 Å². The van der Waals surface area contributed by atoms with Gasteiger partial charge in [-0.1, -0.05) is 0 Å². The van der Waals surface area contributed by atoms with Crippen LogP contribution in [0.15, 0.2) is 12.1 Å². The number of ether oxygens (including phenoxy) is 4. The fourth-order valence-electron chi connectivity index (χ4n) is 4.13. The maximum absolute atomic E-state index is 13.2. The zero-order valence-corrected chi connectivity index (χ0v) is 20.4. The molecule has 0 bridgehead atoms. The lowest BCUT2D eigenvalue weighted by Crippen LogP contribution is -2.38. The van der Waals surface area contributed by atoms with Gasteiger partial charge in [-0.15, -0.1) is 0 Å². The summed E-state index contributed by atoms with van der Waals surface area (Å²) in [6, 6.07) is 3.55. The Morgan fingerprint density at radius 1 is 1.09 bits per heavy atom. The number of hydrogen-bond acceptors (Lipinski definition) is 7. The summed E-state index contributed by atoms with van der Waals surface area (Å²) in [7, 11) is 0. The molecule has 2 aliphatic rings. The Morgan fingerprint density at radius 2 is 1.76 bits per heavy atom. The van der Waals surface area contributed by atoms with Crippen molar-refractivity contribution >= 4 is 18.3 Å². The van der Waals surface area contributed by atoms with Crippen LogP contribution in [-0.2, 0) is 20.7 Å². The summed E-state index contributed by atoms with van der Waals surface area (Å²) in [6.07, 6.45) is 1.38. The number of nitrogens with zero attached hydrogens (tertiary/aromatic N) is 1. The normalized spacial score (nSPS) is 19.1. The first-order chi connectivity index (χ1) is 15.4. The van der Waals surface area contributed by atoms with Gasteiger partial charge >= 0.3 is 12.1 Å². The lowest BCUT2D eigenvalue weighted by molar-refractivity contribution is -0.161. The summed E-state index contributed by atoms with van der Waals surface area (Å²) < 4.78 is 22.5. The minimum atomic E-state index is -0.639. The molecular formula is C25H35NO7. The van der Waals surface area contributed by atoms with Crippen LogP contribution in [0.5, 0.6) is 11.5 Å². The lowest BCUT2D eigenvalue weighted by Gasteiger charge is -2.28. The van der Waals surface area contributed by atoms with Crippen molar-refractivity contribution in [1.29, 1.82) is 0 Å². The Kier molecular flexibility index (Phi) is 7.24. The molecule has 1 aromatic rings. The first-order valence-electron chi connectivity index (χ1n) is 11.4. The molecule has 3 rings (SSSR count). The van der Waals surface area contributed by atoms with Crippen molar-refractivity contribution in [1.82, 2.24) is 4.90 Å². The van der Waals surface area contributed by atoms with E-state index in [9.17, 15) is 14.4 Å². The van der Waals surface area contributed by atoms with Crippen LogP contribution in [0.25, 0.3) is 0 Å². The van der Waals surface area contributed by atoms with Gasteiger partial charge in [0.2, 0.25) is 0 Å². The Labute approximate surface area is 195 Å². The molecule has 33 heavy (non-hydrogen) atoms. The molecule has 2 aliphatic heterocycles. The first-order valence-corrected chi connectivity index (χ1v) is 11.4. The summed E-state index contributed by atoms with van der Waals surface area (Å²) in [5.41, 5.74) is -0.0460. The van der Waals surface area contributed by atoms with Crippen molar-refractivity contribution in [2.75, 3.05) is 26.3 Å². The second kappa shape index (κ2) is 9.61. The van der Waals surface area contributed by atoms with Gasteiger partial charge < -0.3 is 23.8 Å². The number of esters is 1. The molecule has 0 aliphatic carbocycles. The molecule has 2 atom stereocenters. The summed E-state index contributed by atoms with van der Waals surface area (Å²) >= 11 is 0. The molecule has 1 amide bonds. The van der Waals surface area contributed by atoms with Crippen LogP contribution in [0.1, 0.15) is 63.9 Å². The minimum absolute atomic E-state index is 0.0970. The molecule has 0 saturated carbocycles. The molecule has 0 unspecified atom stereocenters. The molecule has 0 N–H and O–H groups in total. The Bertz CT molecular complexity index is 897. The SMILES string of the molecule is CC(C)(C)OC(=O)[C@@H](Cc1cc(C=O)c2c(c1)OCCO2)[C@H]1CCN(C(=O)OC(C)(C)C)C1. The van der Waals surface area contributed by atoms with Crippen LogP contribution >= 0.6 is 0 Å². The van der Waals surface area contributed by atoms with Crippen molar-refractivity contribution in [2.24, 2.45) is 11.8 Å². The van der Waals surface area contributed by atoms with Crippen molar-refractivity contribution < 1.29 is 33.3 Å². The number of hydrogen-bond donors (Lipinski definition) is 0. The molecule has 0 radical (unpaired) electrons. The fourth-order valence-corrected chi connectivity index (χ4v) is 4.13. The summed E-state index contributed by atoms with van der Waals surface area (Å²) in [4.78, 5) is 39.1. The molecular weight excluding hydrogens is 426 g/mol. The van der Waals surface area contributed by atoms with E-state index in [0.29, 0.717) is 56.2 Å². The fraction of sp³-hybridized carbons (Fsp3) is 0.640. The molecule has 8 heteroatoms. The number of rotatable bonds is 5. The van der Waals surface area contributed by atoms with Gasteiger partial charge in [0.05, 0.1) is 11.5 Å². The first kappa shape index (κ1) is 24.9. The van der Waals surface area contributed by atoms with Gasteiger partial charge in [-0.2, -0.15) is 0 Å². The Balaban J connectivity index is 1.83. The van der Waals surface area contributed by atoms with Crippen LogP contribution in [0.3, 0.4) is 0 Å². The van der Waals surface area contributed by atoms with Gasteiger partial charge in [0.25, 0.3) is 0 Å². The topological polar surface area (TPSA) is 91.4 Å². The van der Waals surface area contributed by atoms with E-state index in [1.807, 2.05) is 47.6 Å². The van der Waals surface area contributed by atoms with E-state index in [4.69, 9.17) is 18.9 Å². The van der Waals surface area contributed by atoms with E-state index in [0.717, 1.165) is 11.8 Å². The van der Waals surface area contributed by atoms with Crippen molar-refractivity contribution in [2.45, 2.75) is 65.6 Å². The second-order valence-corrected chi connectivity index (χ2v) is 10.6. The highest BCUT2D eigenvalue weighted by atomic mass is 16.6. The third kappa shape index (κ3) is 6.62. The van der Waals surface area contributed by atoms with E-state index in [-0.39, 0.29) is 18.0 Å². The number of likely N-dealkylation sites (tertiary alicyclic amines) is 1. The van der Waals surface area contributed by atoms with Crippen molar-refractivity contribution in [3.05, 3.63) is 23.3 Å². The van der Waals surface area contributed by atoms with E-state index < -0.39 is 17.1 Å². The van der Waals surface area contributed by atoms with Crippen LogP contribution in [0.4, 0.5) is 4.79 Å². The Morgan fingerprint density at radius 3 is 2.39 bits per heavy atom. The lowest BCUT2D eigenvalue weighted by atomic mass is 9.85. The standard InChI is InChI=1S/C25H35NO7/c1-24(2,3)32-22(28)19(17-7-8-26(14-17)23(29)33-25(4,5)6)12-16-11-18(15-27)21-20(13-16)30-9-10-31-21/h11,13,15,17,19H,7-10,12,14H2,1-6H3/t17-,19-/m0/s1. The molecule has 182 valence electrons. The third-order valence-electron chi connectivity index (χ3n) is 5.47. The number of carbonyl (C=O) groups excluding carboxylic acids is 3. The summed E-state index contributed by atoms with van der Waals surface area (Å²) in [5, 5.41) is 0. The monoisotopic (exact) mass is 461 g/mol.